The van der Waals surface area contributed by atoms with Crippen LogP contribution in [0.5, 0.6) is 11.5 Å². The Hall–Kier alpha value is -5.02. The number of pyridine rings is 2. The van der Waals surface area contributed by atoms with E-state index in [0.29, 0.717) is 0 Å². The lowest BCUT2D eigenvalue weighted by Crippen LogP contribution is -1.89. The maximum Gasteiger partial charge on any atom is 0.128 e. The van der Waals surface area contributed by atoms with Crippen molar-refractivity contribution in [2.45, 2.75) is 0 Å². The summed E-state index contributed by atoms with van der Waals surface area (Å²) in [6, 6.07) is 44.9. The first kappa shape index (κ1) is 22.4. The molecule has 176 valence electrons. The molecule has 6 rings (SSSR count). The fourth-order valence-corrected chi connectivity index (χ4v) is 4.31. The van der Waals surface area contributed by atoms with E-state index in [1.807, 2.05) is 109 Å². The van der Waals surface area contributed by atoms with Gasteiger partial charge in [0.2, 0.25) is 0 Å². The lowest BCUT2D eigenvalue weighted by atomic mass is 10.1. The second kappa shape index (κ2) is 10.3. The van der Waals surface area contributed by atoms with Gasteiger partial charge < -0.3 is 4.74 Å². The second-order valence-electron chi connectivity index (χ2n) is 8.75. The van der Waals surface area contributed by atoms with E-state index in [-0.39, 0.29) is 0 Å². The third-order valence-electron chi connectivity index (χ3n) is 6.24. The van der Waals surface area contributed by atoms with Crippen LogP contribution in [0.1, 0.15) is 0 Å². The van der Waals surface area contributed by atoms with E-state index in [1.165, 1.54) is 0 Å². The summed E-state index contributed by atoms with van der Waals surface area (Å²) in [5, 5.41) is 0. The van der Waals surface area contributed by atoms with Crippen LogP contribution in [0.2, 0.25) is 0 Å². The molecule has 3 nitrogen and oxygen atoms in total. The van der Waals surface area contributed by atoms with Crippen LogP contribution in [0.4, 0.5) is 0 Å². The summed E-state index contributed by atoms with van der Waals surface area (Å²) in [7, 11) is 0. The molecule has 0 spiro atoms. The van der Waals surface area contributed by atoms with Crippen LogP contribution >= 0.6 is 0 Å². The van der Waals surface area contributed by atoms with Gasteiger partial charge in [-0.1, -0.05) is 97.1 Å². The zero-order chi connectivity index (χ0) is 24.9. The Morgan fingerprint density at radius 1 is 0.351 bits per heavy atom. The van der Waals surface area contributed by atoms with Crippen molar-refractivity contribution in [2.24, 2.45) is 0 Å². The SMILES string of the molecule is c1ccc(-c2ccc(-c3cccc(Oc4cccc(-c5ccc(-c6ccccc6)cn5)c4)c3)nc2)cc1. The minimum absolute atomic E-state index is 0.760. The van der Waals surface area contributed by atoms with Crippen LogP contribution in [-0.2, 0) is 0 Å². The van der Waals surface area contributed by atoms with E-state index < -0.39 is 0 Å². The Morgan fingerprint density at radius 2 is 0.784 bits per heavy atom. The topological polar surface area (TPSA) is 35.0 Å². The van der Waals surface area contributed by atoms with E-state index in [0.717, 1.165) is 56.3 Å². The molecule has 0 aliphatic heterocycles. The first-order valence-electron chi connectivity index (χ1n) is 12.2. The van der Waals surface area contributed by atoms with Gasteiger partial charge in [0.25, 0.3) is 0 Å². The number of hydrogen-bond donors (Lipinski definition) is 0. The van der Waals surface area contributed by atoms with Crippen molar-refractivity contribution in [3.63, 3.8) is 0 Å². The Bertz CT molecular complexity index is 1490. The molecule has 0 unspecified atom stereocenters. The fraction of sp³-hybridized carbons (Fsp3) is 0. The average Bonchev–Trinajstić information content (AvgIpc) is 2.99. The predicted molar refractivity (Wildman–Crippen MR) is 150 cm³/mol. The maximum atomic E-state index is 6.23. The predicted octanol–water partition coefficient (Wildman–Crippen LogP) is 8.94. The molecule has 0 atom stereocenters. The molecule has 0 aliphatic rings. The first-order chi connectivity index (χ1) is 18.3. The fourth-order valence-electron chi connectivity index (χ4n) is 4.31. The van der Waals surface area contributed by atoms with E-state index in [2.05, 4.69) is 36.4 Å². The summed E-state index contributed by atoms with van der Waals surface area (Å²) in [5.74, 6) is 1.52. The molecule has 0 N–H and O–H groups in total. The Morgan fingerprint density at radius 3 is 1.19 bits per heavy atom. The van der Waals surface area contributed by atoms with E-state index >= 15 is 0 Å². The number of aromatic nitrogens is 2. The second-order valence-corrected chi connectivity index (χ2v) is 8.75. The van der Waals surface area contributed by atoms with Crippen molar-refractivity contribution in [1.29, 1.82) is 0 Å². The normalized spacial score (nSPS) is 10.7. The van der Waals surface area contributed by atoms with Gasteiger partial charge in [-0.15, -0.1) is 0 Å². The van der Waals surface area contributed by atoms with Crippen molar-refractivity contribution >= 4 is 0 Å². The van der Waals surface area contributed by atoms with E-state index in [4.69, 9.17) is 14.7 Å². The summed E-state index contributed by atoms with van der Waals surface area (Å²) < 4.78 is 6.23. The average molecular weight is 477 g/mol. The molecule has 0 saturated carbocycles. The van der Waals surface area contributed by atoms with Crippen LogP contribution in [0, 0.1) is 0 Å². The molecule has 0 radical (unpaired) electrons. The van der Waals surface area contributed by atoms with Crippen LogP contribution in [0.25, 0.3) is 44.8 Å². The van der Waals surface area contributed by atoms with Gasteiger partial charge in [-0.25, -0.2) is 0 Å². The monoisotopic (exact) mass is 476 g/mol. The van der Waals surface area contributed by atoms with Crippen LogP contribution in [0.3, 0.4) is 0 Å². The van der Waals surface area contributed by atoms with Gasteiger partial charge in [-0.3, -0.25) is 9.97 Å². The van der Waals surface area contributed by atoms with Crippen molar-refractivity contribution in [3.05, 3.63) is 146 Å². The molecule has 2 aromatic heterocycles. The minimum Gasteiger partial charge on any atom is -0.457 e. The molecule has 4 aromatic carbocycles. The van der Waals surface area contributed by atoms with Gasteiger partial charge in [0.1, 0.15) is 11.5 Å². The van der Waals surface area contributed by atoms with E-state index in [9.17, 15) is 0 Å². The molecule has 0 bridgehead atoms. The van der Waals surface area contributed by atoms with Crippen molar-refractivity contribution in [3.8, 4) is 56.3 Å². The smallest absolute Gasteiger partial charge is 0.128 e. The summed E-state index contributed by atoms with van der Waals surface area (Å²) in [6.45, 7) is 0. The van der Waals surface area contributed by atoms with Gasteiger partial charge in [-0.2, -0.15) is 0 Å². The molecule has 37 heavy (non-hydrogen) atoms. The first-order valence-corrected chi connectivity index (χ1v) is 12.2. The minimum atomic E-state index is 0.760. The van der Waals surface area contributed by atoms with Gasteiger partial charge in [0.15, 0.2) is 0 Å². The van der Waals surface area contributed by atoms with Gasteiger partial charge in [-0.05, 0) is 47.5 Å². The highest BCUT2D eigenvalue weighted by Gasteiger charge is 2.07. The Kier molecular flexibility index (Phi) is 6.25. The van der Waals surface area contributed by atoms with Crippen molar-refractivity contribution < 1.29 is 4.74 Å². The Balaban J connectivity index is 1.20. The van der Waals surface area contributed by atoms with Crippen LogP contribution in [-0.4, -0.2) is 9.97 Å². The zero-order valence-electron chi connectivity index (χ0n) is 20.2. The third kappa shape index (κ3) is 5.16. The van der Waals surface area contributed by atoms with Crippen molar-refractivity contribution in [1.82, 2.24) is 9.97 Å². The maximum absolute atomic E-state index is 6.23. The number of benzene rings is 4. The molecule has 3 heteroatoms. The highest BCUT2D eigenvalue weighted by molar-refractivity contribution is 5.69. The summed E-state index contributed by atoms with van der Waals surface area (Å²) in [4.78, 5) is 9.38. The van der Waals surface area contributed by atoms with Crippen LogP contribution < -0.4 is 4.74 Å². The summed E-state index contributed by atoms with van der Waals surface area (Å²) in [5.41, 5.74) is 8.32. The lowest BCUT2D eigenvalue weighted by molar-refractivity contribution is 0.483. The third-order valence-corrected chi connectivity index (χ3v) is 6.24. The highest BCUT2D eigenvalue weighted by Crippen LogP contribution is 2.30. The lowest BCUT2D eigenvalue weighted by Gasteiger charge is -2.10. The Labute approximate surface area is 216 Å². The number of hydrogen-bond acceptors (Lipinski definition) is 3. The van der Waals surface area contributed by atoms with Gasteiger partial charge in [0.05, 0.1) is 11.4 Å². The standard InChI is InChI=1S/C34H24N2O/c1-3-9-25(10-4-1)29-17-19-33(35-23-29)27-13-7-15-31(21-27)37-32-16-8-14-28(22-32)34-20-18-30(24-36-34)26-11-5-2-6-12-26/h1-24H. The molecular formula is C34H24N2O. The molecule has 0 saturated heterocycles. The van der Waals surface area contributed by atoms with Crippen LogP contribution in [0.15, 0.2) is 146 Å². The summed E-state index contributed by atoms with van der Waals surface area (Å²) in [6.07, 6.45) is 3.83. The number of rotatable bonds is 6. The highest BCUT2D eigenvalue weighted by atomic mass is 16.5. The molecule has 6 aromatic rings. The van der Waals surface area contributed by atoms with Gasteiger partial charge >= 0.3 is 0 Å². The van der Waals surface area contributed by atoms with E-state index in [1.54, 1.807) is 0 Å². The molecule has 0 aliphatic carbocycles. The molecule has 0 fully saturated rings. The quantitative estimate of drug-likeness (QED) is 0.241. The molecule has 0 amide bonds. The molecular weight excluding hydrogens is 452 g/mol. The number of ether oxygens (including phenoxy) is 1. The molecule has 2 heterocycles. The number of nitrogens with zero attached hydrogens (tertiary/aromatic N) is 2. The zero-order valence-corrected chi connectivity index (χ0v) is 20.2. The van der Waals surface area contributed by atoms with Gasteiger partial charge in [0, 0.05) is 34.6 Å². The summed E-state index contributed by atoms with van der Waals surface area (Å²) >= 11 is 0. The largest absolute Gasteiger partial charge is 0.457 e. The van der Waals surface area contributed by atoms with Crippen molar-refractivity contribution in [2.75, 3.05) is 0 Å².